The second kappa shape index (κ2) is 9.36. The van der Waals surface area contributed by atoms with E-state index in [4.69, 9.17) is 9.47 Å². The zero-order chi connectivity index (χ0) is 19.8. The van der Waals surface area contributed by atoms with Crippen LogP contribution in [0.15, 0.2) is 61.1 Å². The van der Waals surface area contributed by atoms with Gasteiger partial charge in [0.05, 0.1) is 32.5 Å². The number of hydrogen-bond acceptors (Lipinski definition) is 6. The molecule has 0 bridgehead atoms. The Morgan fingerprint density at radius 1 is 1.00 bits per heavy atom. The molecule has 144 valence electrons. The van der Waals surface area contributed by atoms with Crippen molar-refractivity contribution < 1.29 is 14.3 Å². The van der Waals surface area contributed by atoms with E-state index in [1.807, 2.05) is 30.3 Å². The zero-order valence-electron chi connectivity index (χ0n) is 15.8. The molecule has 0 atom stereocenters. The Kier molecular flexibility index (Phi) is 6.41. The van der Waals surface area contributed by atoms with E-state index in [-0.39, 0.29) is 12.3 Å². The van der Waals surface area contributed by atoms with Gasteiger partial charge in [0.1, 0.15) is 5.82 Å². The smallest absolute Gasteiger partial charge is 0.228 e. The van der Waals surface area contributed by atoms with Gasteiger partial charge in [-0.2, -0.15) is 0 Å². The van der Waals surface area contributed by atoms with E-state index in [0.717, 1.165) is 16.9 Å². The van der Waals surface area contributed by atoms with Gasteiger partial charge in [0.25, 0.3) is 0 Å². The lowest BCUT2D eigenvalue weighted by Crippen LogP contribution is -2.14. The van der Waals surface area contributed by atoms with Gasteiger partial charge in [0, 0.05) is 18.9 Å². The Balaban J connectivity index is 1.54. The van der Waals surface area contributed by atoms with Gasteiger partial charge in [-0.05, 0) is 41.5 Å². The molecule has 0 saturated carbocycles. The highest BCUT2D eigenvalue weighted by molar-refractivity contribution is 5.92. The molecule has 1 amide bonds. The summed E-state index contributed by atoms with van der Waals surface area (Å²) in [5.74, 6) is 1.82. The van der Waals surface area contributed by atoms with Crippen LogP contribution < -0.4 is 20.1 Å². The number of nitrogens with one attached hydrogen (secondary N) is 2. The Morgan fingerprint density at radius 2 is 1.86 bits per heavy atom. The number of rotatable bonds is 8. The van der Waals surface area contributed by atoms with Gasteiger partial charge in [-0.1, -0.05) is 12.1 Å². The molecule has 0 aliphatic carbocycles. The van der Waals surface area contributed by atoms with E-state index < -0.39 is 0 Å². The third-order valence-electron chi connectivity index (χ3n) is 4.06. The summed E-state index contributed by atoms with van der Waals surface area (Å²) in [5, 5.41) is 6.06. The van der Waals surface area contributed by atoms with E-state index in [2.05, 4.69) is 20.6 Å². The predicted molar refractivity (Wildman–Crippen MR) is 108 cm³/mol. The lowest BCUT2D eigenvalue weighted by Gasteiger charge is -2.10. The summed E-state index contributed by atoms with van der Waals surface area (Å²) in [6.45, 7) is 0.631. The SMILES string of the molecule is COc1ccc(CC(=O)Nc2ccc(NCc3cccnc3)nc2)cc1OC. The van der Waals surface area contributed by atoms with E-state index in [1.54, 1.807) is 44.9 Å². The van der Waals surface area contributed by atoms with Crippen molar-refractivity contribution in [2.24, 2.45) is 0 Å². The van der Waals surface area contributed by atoms with Crippen LogP contribution in [-0.2, 0) is 17.8 Å². The molecule has 0 saturated heterocycles. The van der Waals surface area contributed by atoms with E-state index in [0.29, 0.717) is 23.7 Å². The van der Waals surface area contributed by atoms with Crippen LogP contribution in [0.2, 0.25) is 0 Å². The van der Waals surface area contributed by atoms with Crippen molar-refractivity contribution >= 4 is 17.4 Å². The summed E-state index contributed by atoms with van der Waals surface area (Å²) < 4.78 is 10.5. The summed E-state index contributed by atoms with van der Waals surface area (Å²) in [4.78, 5) is 20.7. The molecule has 7 heteroatoms. The Bertz CT molecular complexity index is 915. The third-order valence-corrected chi connectivity index (χ3v) is 4.06. The third kappa shape index (κ3) is 5.20. The summed E-state index contributed by atoms with van der Waals surface area (Å²) in [7, 11) is 3.14. The Morgan fingerprint density at radius 3 is 2.54 bits per heavy atom. The van der Waals surface area contributed by atoms with Crippen molar-refractivity contribution in [1.82, 2.24) is 9.97 Å². The molecule has 3 rings (SSSR count). The molecule has 2 heterocycles. The van der Waals surface area contributed by atoms with Crippen molar-refractivity contribution in [2.45, 2.75) is 13.0 Å². The number of carbonyl (C=O) groups is 1. The van der Waals surface area contributed by atoms with Gasteiger partial charge in [-0.25, -0.2) is 4.98 Å². The number of anilines is 2. The number of methoxy groups -OCH3 is 2. The number of benzene rings is 1. The zero-order valence-corrected chi connectivity index (χ0v) is 15.8. The molecule has 2 aromatic heterocycles. The fraction of sp³-hybridized carbons (Fsp3) is 0.190. The Hall–Kier alpha value is -3.61. The average Bonchev–Trinajstić information content (AvgIpc) is 2.74. The summed E-state index contributed by atoms with van der Waals surface area (Å²) in [5.41, 5.74) is 2.53. The van der Waals surface area contributed by atoms with Crippen LogP contribution in [0.4, 0.5) is 11.5 Å². The molecule has 0 radical (unpaired) electrons. The second-order valence-electron chi connectivity index (χ2n) is 6.06. The highest BCUT2D eigenvalue weighted by Crippen LogP contribution is 2.27. The molecule has 1 aromatic carbocycles. The number of nitrogens with zero attached hydrogens (tertiary/aromatic N) is 2. The summed E-state index contributed by atoms with van der Waals surface area (Å²) in [6.07, 6.45) is 5.39. The molecule has 0 unspecified atom stereocenters. The van der Waals surface area contributed by atoms with Crippen LogP contribution in [-0.4, -0.2) is 30.1 Å². The average molecular weight is 378 g/mol. The summed E-state index contributed by atoms with van der Waals surface area (Å²) >= 11 is 0. The number of ether oxygens (including phenoxy) is 2. The van der Waals surface area contributed by atoms with Crippen LogP contribution in [0.1, 0.15) is 11.1 Å². The molecular weight excluding hydrogens is 356 g/mol. The molecule has 3 aromatic rings. The number of aromatic nitrogens is 2. The Labute approximate surface area is 163 Å². The predicted octanol–water partition coefficient (Wildman–Crippen LogP) is 3.29. The van der Waals surface area contributed by atoms with E-state index >= 15 is 0 Å². The molecule has 2 N–H and O–H groups in total. The van der Waals surface area contributed by atoms with Crippen molar-refractivity contribution in [3.8, 4) is 11.5 Å². The fourth-order valence-corrected chi connectivity index (χ4v) is 2.65. The quantitative estimate of drug-likeness (QED) is 0.626. The van der Waals surface area contributed by atoms with Gasteiger partial charge >= 0.3 is 0 Å². The molecular formula is C21H22N4O3. The summed E-state index contributed by atoms with van der Waals surface area (Å²) in [6, 6.07) is 12.9. The minimum Gasteiger partial charge on any atom is -0.493 e. The van der Waals surface area contributed by atoms with E-state index in [1.165, 1.54) is 0 Å². The maximum Gasteiger partial charge on any atom is 0.228 e. The molecule has 0 aliphatic rings. The van der Waals surface area contributed by atoms with Gasteiger partial charge in [-0.15, -0.1) is 0 Å². The number of hydrogen-bond donors (Lipinski definition) is 2. The minimum atomic E-state index is -0.134. The maximum absolute atomic E-state index is 12.3. The molecule has 0 aliphatic heterocycles. The van der Waals surface area contributed by atoms with Crippen LogP contribution in [0.25, 0.3) is 0 Å². The van der Waals surface area contributed by atoms with Crippen LogP contribution in [0.3, 0.4) is 0 Å². The monoisotopic (exact) mass is 378 g/mol. The van der Waals surface area contributed by atoms with Gasteiger partial charge in [0.2, 0.25) is 5.91 Å². The molecule has 0 fully saturated rings. The number of pyridine rings is 2. The van der Waals surface area contributed by atoms with Gasteiger partial charge < -0.3 is 20.1 Å². The lowest BCUT2D eigenvalue weighted by atomic mass is 10.1. The number of carbonyl (C=O) groups excluding carboxylic acids is 1. The molecule has 28 heavy (non-hydrogen) atoms. The topological polar surface area (TPSA) is 85.4 Å². The number of amides is 1. The molecule has 0 spiro atoms. The first-order valence-electron chi connectivity index (χ1n) is 8.77. The van der Waals surface area contributed by atoms with Crippen LogP contribution >= 0.6 is 0 Å². The minimum absolute atomic E-state index is 0.134. The fourth-order valence-electron chi connectivity index (χ4n) is 2.65. The lowest BCUT2D eigenvalue weighted by molar-refractivity contribution is -0.115. The van der Waals surface area contributed by atoms with Crippen LogP contribution in [0.5, 0.6) is 11.5 Å². The van der Waals surface area contributed by atoms with Crippen molar-refractivity contribution in [3.63, 3.8) is 0 Å². The van der Waals surface area contributed by atoms with Crippen molar-refractivity contribution in [1.29, 1.82) is 0 Å². The second-order valence-corrected chi connectivity index (χ2v) is 6.06. The first kappa shape index (κ1) is 19.2. The van der Waals surface area contributed by atoms with Gasteiger partial charge in [0.15, 0.2) is 11.5 Å². The first-order chi connectivity index (χ1) is 13.7. The highest BCUT2D eigenvalue weighted by Gasteiger charge is 2.09. The molecule has 7 nitrogen and oxygen atoms in total. The van der Waals surface area contributed by atoms with Crippen molar-refractivity contribution in [3.05, 3.63) is 72.2 Å². The largest absolute Gasteiger partial charge is 0.493 e. The van der Waals surface area contributed by atoms with Crippen LogP contribution in [0, 0.1) is 0 Å². The maximum atomic E-state index is 12.3. The van der Waals surface area contributed by atoms with Gasteiger partial charge in [-0.3, -0.25) is 9.78 Å². The first-order valence-corrected chi connectivity index (χ1v) is 8.77. The standard InChI is InChI=1S/C21H22N4O3/c1-27-18-7-5-15(10-19(18)28-2)11-21(26)25-17-6-8-20(24-14-17)23-13-16-4-3-9-22-12-16/h3-10,12,14H,11,13H2,1-2H3,(H,23,24)(H,25,26). The normalized spacial score (nSPS) is 10.2. The highest BCUT2D eigenvalue weighted by atomic mass is 16.5. The van der Waals surface area contributed by atoms with Crippen molar-refractivity contribution in [2.75, 3.05) is 24.9 Å². The van der Waals surface area contributed by atoms with E-state index in [9.17, 15) is 4.79 Å².